The standard InChI is InChI=1S/C7H12N2O3/c1-5(10)3-7-8-6(4-11-2)9-12-7/h5,10H,3-4H2,1-2H3. The van der Waals surface area contributed by atoms with Crippen molar-refractivity contribution in [1.82, 2.24) is 10.1 Å². The summed E-state index contributed by atoms with van der Waals surface area (Å²) in [5, 5.41) is 12.6. The van der Waals surface area contributed by atoms with Crippen LogP contribution >= 0.6 is 0 Å². The third-order valence-electron chi connectivity index (χ3n) is 1.25. The number of aliphatic hydroxyl groups is 1. The summed E-state index contributed by atoms with van der Waals surface area (Å²) < 4.78 is 9.63. The molecule has 1 rings (SSSR count). The smallest absolute Gasteiger partial charge is 0.229 e. The molecule has 0 aliphatic carbocycles. The molecule has 1 heterocycles. The van der Waals surface area contributed by atoms with Gasteiger partial charge in [-0.2, -0.15) is 4.98 Å². The van der Waals surface area contributed by atoms with Crippen LogP contribution in [0.5, 0.6) is 0 Å². The van der Waals surface area contributed by atoms with Crippen LogP contribution in [-0.4, -0.2) is 28.5 Å². The van der Waals surface area contributed by atoms with E-state index in [0.717, 1.165) is 0 Å². The zero-order valence-corrected chi connectivity index (χ0v) is 7.15. The zero-order chi connectivity index (χ0) is 8.97. The molecule has 1 atom stereocenters. The lowest BCUT2D eigenvalue weighted by Crippen LogP contribution is -2.04. The van der Waals surface area contributed by atoms with Crippen LogP contribution in [0.2, 0.25) is 0 Å². The summed E-state index contributed by atoms with van der Waals surface area (Å²) in [7, 11) is 1.56. The molecule has 1 aromatic heterocycles. The lowest BCUT2D eigenvalue weighted by Gasteiger charge is -1.95. The minimum Gasteiger partial charge on any atom is -0.393 e. The third kappa shape index (κ3) is 2.60. The van der Waals surface area contributed by atoms with Gasteiger partial charge in [0.25, 0.3) is 0 Å². The molecule has 0 saturated heterocycles. The first-order chi connectivity index (χ1) is 5.72. The number of ether oxygens (including phenoxy) is 1. The minimum absolute atomic E-state index is 0.337. The Kier molecular flexibility index (Phi) is 3.19. The number of aromatic nitrogens is 2. The normalized spacial score (nSPS) is 13.2. The highest BCUT2D eigenvalue weighted by atomic mass is 16.5. The molecular formula is C7H12N2O3. The summed E-state index contributed by atoms with van der Waals surface area (Å²) in [4.78, 5) is 3.98. The summed E-state index contributed by atoms with van der Waals surface area (Å²) in [6, 6.07) is 0. The van der Waals surface area contributed by atoms with Crippen molar-refractivity contribution in [2.45, 2.75) is 26.1 Å². The number of rotatable bonds is 4. The third-order valence-corrected chi connectivity index (χ3v) is 1.25. The van der Waals surface area contributed by atoms with Gasteiger partial charge in [0.05, 0.1) is 12.5 Å². The van der Waals surface area contributed by atoms with Gasteiger partial charge in [0.2, 0.25) is 5.89 Å². The van der Waals surface area contributed by atoms with Crippen LogP contribution in [0.1, 0.15) is 18.6 Å². The van der Waals surface area contributed by atoms with E-state index in [2.05, 4.69) is 10.1 Å². The molecule has 0 aliphatic rings. The van der Waals surface area contributed by atoms with Gasteiger partial charge >= 0.3 is 0 Å². The summed E-state index contributed by atoms with van der Waals surface area (Å²) in [5.41, 5.74) is 0. The molecule has 0 aliphatic heterocycles. The van der Waals surface area contributed by atoms with Crippen LogP contribution in [0.15, 0.2) is 4.52 Å². The highest BCUT2D eigenvalue weighted by Crippen LogP contribution is 2.01. The second-order valence-corrected chi connectivity index (χ2v) is 2.59. The molecule has 68 valence electrons. The van der Waals surface area contributed by atoms with Crippen molar-refractivity contribution in [3.05, 3.63) is 11.7 Å². The lowest BCUT2D eigenvalue weighted by atomic mass is 10.3. The van der Waals surface area contributed by atoms with Gasteiger partial charge in [-0.1, -0.05) is 5.16 Å². The predicted octanol–water partition coefficient (Wildman–Crippen LogP) is 0.139. The van der Waals surface area contributed by atoms with E-state index in [-0.39, 0.29) is 0 Å². The second kappa shape index (κ2) is 4.18. The zero-order valence-electron chi connectivity index (χ0n) is 7.15. The summed E-state index contributed by atoms with van der Waals surface area (Å²) in [6.45, 7) is 2.00. The van der Waals surface area contributed by atoms with Crippen LogP contribution in [0.4, 0.5) is 0 Å². The van der Waals surface area contributed by atoms with Gasteiger partial charge in [0.15, 0.2) is 5.82 Å². The number of methoxy groups -OCH3 is 1. The number of hydrogen-bond donors (Lipinski definition) is 1. The lowest BCUT2D eigenvalue weighted by molar-refractivity contribution is 0.173. The van der Waals surface area contributed by atoms with Gasteiger partial charge < -0.3 is 14.4 Å². The maximum Gasteiger partial charge on any atom is 0.229 e. The van der Waals surface area contributed by atoms with Crippen molar-refractivity contribution >= 4 is 0 Å². The molecule has 12 heavy (non-hydrogen) atoms. The van der Waals surface area contributed by atoms with Crippen molar-refractivity contribution in [3.8, 4) is 0 Å². The molecule has 0 fully saturated rings. The first-order valence-corrected chi connectivity index (χ1v) is 3.71. The van der Waals surface area contributed by atoms with Crippen molar-refractivity contribution < 1.29 is 14.4 Å². The molecular weight excluding hydrogens is 160 g/mol. The molecule has 0 radical (unpaired) electrons. The predicted molar refractivity (Wildman–Crippen MR) is 40.4 cm³/mol. The quantitative estimate of drug-likeness (QED) is 0.699. The van der Waals surface area contributed by atoms with Crippen molar-refractivity contribution in [3.63, 3.8) is 0 Å². The van der Waals surface area contributed by atoms with E-state index in [1.54, 1.807) is 14.0 Å². The largest absolute Gasteiger partial charge is 0.393 e. The fourth-order valence-corrected chi connectivity index (χ4v) is 0.813. The van der Waals surface area contributed by atoms with E-state index in [1.165, 1.54) is 0 Å². The Labute approximate surface area is 70.3 Å². The van der Waals surface area contributed by atoms with Gasteiger partial charge in [-0.15, -0.1) is 0 Å². The van der Waals surface area contributed by atoms with Crippen LogP contribution in [0, 0.1) is 0 Å². The van der Waals surface area contributed by atoms with Crippen molar-refractivity contribution in [1.29, 1.82) is 0 Å². The Balaban J connectivity index is 2.52. The molecule has 5 nitrogen and oxygen atoms in total. The molecule has 0 aromatic carbocycles. The SMILES string of the molecule is COCc1noc(CC(C)O)n1. The van der Waals surface area contributed by atoms with E-state index in [4.69, 9.17) is 14.4 Å². The number of nitrogens with zero attached hydrogens (tertiary/aromatic N) is 2. The van der Waals surface area contributed by atoms with Crippen LogP contribution in [-0.2, 0) is 17.8 Å². The average Bonchev–Trinajstić information content (AvgIpc) is 2.36. The van der Waals surface area contributed by atoms with Crippen LogP contribution in [0.3, 0.4) is 0 Å². The van der Waals surface area contributed by atoms with Crippen LogP contribution in [0.25, 0.3) is 0 Å². The molecule has 1 N–H and O–H groups in total. The second-order valence-electron chi connectivity index (χ2n) is 2.59. The molecule has 0 saturated carbocycles. The number of aliphatic hydroxyl groups excluding tert-OH is 1. The Morgan fingerprint density at radius 1 is 1.67 bits per heavy atom. The maximum atomic E-state index is 8.99. The Morgan fingerprint density at radius 2 is 2.42 bits per heavy atom. The van der Waals surface area contributed by atoms with E-state index in [9.17, 15) is 0 Å². The van der Waals surface area contributed by atoms with Crippen molar-refractivity contribution in [2.24, 2.45) is 0 Å². The molecule has 1 unspecified atom stereocenters. The summed E-state index contributed by atoms with van der Waals surface area (Å²) in [5.74, 6) is 0.949. The summed E-state index contributed by atoms with van der Waals surface area (Å²) >= 11 is 0. The highest BCUT2D eigenvalue weighted by Gasteiger charge is 2.07. The monoisotopic (exact) mass is 172 g/mol. The molecule has 0 amide bonds. The van der Waals surface area contributed by atoms with Crippen LogP contribution < -0.4 is 0 Å². The van der Waals surface area contributed by atoms with Gasteiger partial charge in [-0.05, 0) is 6.92 Å². The first-order valence-electron chi connectivity index (χ1n) is 3.71. The van der Waals surface area contributed by atoms with E-state index in [0.29, 0.717) is 24.7 Å². The Hall–Kier alpha value is -0.940. The Morgan fingerprint density at radius 3 is 3.00 bits per heavy atom. The Bertz CT molecular complexity index is 234. The molecule has 0 spiro atoms. The highest BCUT2D eigenvalue weighted by molar-refractivity contribution is 4.85. The molecule has 0 bridgehead atoms. The molecule has 1 aromatic rings. The first kappa shape index (κ1) is 9.15. The van der Waals surface area contributed by atoms with Gasteiger partial charge in [0.1, 0.15) is 6.61 Å². The van der Waals surface area contributed by atoms with Gasteiger partial charge in [-0.25, -0.2) is 0 Å². The topological polar surface area (TPSA) is 68.4 Å². The van der Waals surface area contributed by atoms with Crippen molar-refractivity contribution in [2.75, 3.05) is 7.11 Å². The van der Waals surface area contributed by atoms with E-state index >= 15 is 0 Å². The minimum atomic E-state index is -0.458. The maximum absolute atomic E-state index is 8.99. The van der Waals surface area contributed by atoms with Gasteiger partial charge in [-0.3, -0.25) is 0 Å². The van der Waals surface area contributed by atoms with E-state index < -0.39 is 6.10 Å². The molecule has 5 heteroatoms. The average molecular weight is 172 g/mol. The van der Waals surface area contributed by atoms with E-state index in [1.807, 2.05) is 0 Å². The summed E-state index contributed by atoms with van der Waals surface area (Å²) in [6.07, 6.45) is -0.0719. The fourth-order valence-electron chi connectivity index (χ4n) is 0.813. The fraction of sp³-hybridized carbons (Fsp3) is 0.714. The van der Waals surface area contributed by atoms with Gasteiger partial charge in [0, 0.05) is 7.11 Å². The number of hydrogen-bond acceptors (Lipinski definition) is 5.